The summed E-state index contributed by atoms with van der Waals surface area (Å²) in [5, 5.41) is 9.62. The molecule has 0 bridgehead atoms. The number of carboxylic acids is 1. The van der Waals surface area contributed by atoms with Crippen molar-refractivity contribution < 1.29 is 28.7 Å². The number of amides is 1. The highest BCUT2D eigenvalue weighted by Gasteiger charge is 2.58. The van der Waals surface area contributed by atoms with Crippen LogP contribution < -0.4 is 0 Å². The van der Waals surface area contributed by atoms with E-state index < -0.39 is 42.1 Å². The van der Waals surface area contributed by atoms with Crippen LogP contribution >= 0.6 is 0 Å². The van der Waals surface area contributed by atoms with Gasteiger partial charge in [-0.3, -0.25) is 4.79 Å². The number of carbonyl (C=O) groups is 2. The molecule has 2 aliphatic heterocycles. The van der Waals surface area contributed by atoms with Crippen molar-refractivity contribution in [2.45, 2.75) is 51.3 Å². The van der Waals surface area contributed by atoms with Crippen molar-refractivity contribution in [2.75, 3.05) is 13.1 Å². The second kappa shape index (κ2) is 7.17. The normalized spacial score (nSPS) is 26.2. The second-order valence-corrected chi connectivity index (χ2v) is 8.18. The molecule has 7 nitrogen and oxygen atoms in total. The fourth-order valence-electron chi connectivity index (χ4n) is 3.39. The number of hydrogen-bond acceptors (Lipinski definition) is 5. The number of aliphatic carboxylic acids is 1. The van der Waals surface area contributed by atoms with Crippen molar-refractivity contribution in [1.82, 2.24) is 4.90 Å². The number of carboxylic acid groups (broad SMARTS) is 1. The summed E-state index contributed by atoms with van der Waals surface area (Å²) in [5.41, 5.74) is -0.230. The molecule has 0 spiro atoms. The molecule has 0 unspecified atom stereocenters. The van der Waals surface area contributed by atoms with Crippen LogP contribution in [-0.2, 0) is 25.4 Å². The third-order valence-electron chi connectivity index (χ3n) is 5.77. The molecule has 146 valence electrons. The van der Waals surface area contributed by atoms with Crippen LogP contribution in [0.5, 0.6) is 0 Å². The first-order valence-corrected chi connectivity index (χ1v) is 9.15. The van der Waals surface area contributed by atoms with E-state index in [1.807, 2.05) is 58.0 Å². The summed E-state index contributed by atoms with van der Waals surface area (Å²) in [6.45, 7) is 8.13. The predicted molar refractivity (Wildman–Crippen MR) is 99.2 cm³/mol. The zero-order chi connectivity index (χ0) is 19.8. The predicted octanol–water partition coefficient (Wildman–Crippen LogP) is 2.80. The molecule has 3 rings (SSSR count). The van der Waals surface area contributed by atoms with Gasteiger partial charge >= 0.3 is 19.2 Å². The monoisotopic (exact) mass is 375 g/mol. The number of nitrogens with zero attached hydrogens (tertiary/aromatic N) is 1. The molecule has 8 heteroatoms. The number of rotatable bonds is 4. The van der Waals surface area contributed by atoms with E-state index in [0.717, 1.165) is 5.56 Å². The lowest BCUT2D eigenvalue weighted by Crippen LogP contribution is -2.41. The Balaban J connectivity index is 1.66. The Morgan fingerprint density at radius 2 is 1.74 bits per heavy atom. The molecule has 1 aromatic rings. The molecular weight excluding hydrogens is 349 g/mol. The van der Waals surface area contributed by atoms with Crippen LogP contribution in [0.3, 0.4) is 0 Å². The first-order chi connectivity index (χ1) is 12.6. The maximum Gasteiger partial charge on any atom is 0.463 e. The van der Waals surface area contributed by atoms with Crippen LogP contribution in [0.2, 0.25) is 5.82 Å². The Morgan fingerprint density at radius 3 is 2.30 bits per heavy atom. The van der Waals surface area contributed by atoms with Gasteiger partial charge in [-0.1, -0.05) is 30.3 Å². The molecule has 2 atom stereocenters. The van der Waals surface area contributed by atoms with Gasteiger partial charge in [-0.2, -0.15) is 0 Å². The summed E-state index contributed by atoms with van der Waals surface area (Å²) in [6, 6.07) is 9.36. The Labute approximate surface area is 159 Å². The largest absolute Gasteiger partial charge is 0.481 e. The second-order valence-electron chi connectivity index (χ2n) is 8.18. The quantitative estimate of drug-likeness (QED) is 0.815. The minimum Gasteiger partial charge on any atom is -0.481 e. The number of likely N-dealkylation sites (tertiary alicyclic amines) is 1. The molecular formula is C19H26BNO6. The van der Waals surface area contributed by atoms with Crippen LogP contribution in [0.15, 0.2) is 30.3 Å². The van der Waals surface area contributed by atoms with E-state index in [4.69, 9.17) is 14.0 Å². The van der Waals surface area contributed by atoms with Gasteiger partial charge in [0.1, 0.15) is 6.61 Å². The van der Waals surface area contributed by atoms with Crippen molar-refractivity contribution in [3.05, 3.63) is 35.9 Å². The molecule has 0 radical (unpaired) electrons. The summed E-state index contributed by atoms with van der Waals surface area (Å²) >= 11 is 0. The van der Waals surface area contributed by atoms with Gasteiger partial charge in [0.15, 0.2) is 0 Å². The van der Waals surface area contributed by atoms with E-state index in [1.54, 1.807) is 0 Å². The van der Waals surface area contributed by atoms with Crippen molar-refractivity contribution in [3.8, 4) is 0 Å². The SMILES string of the molecule is CC1(C)OB([C@@H]2CN(C(=O)OCc3ccccc3)C[C@H]2C(=O)O)OC1(C)C. The van der Waals surface area contributed by atoms with E-state index in [0.29, 0.717) is 0 Å². The Kier molecular flexibility index (Phi) is 5.23. The van der Waals surface area contributed by atoms with Gasteiger partial charge in [-0.05, 0) is 33.3 Å². The van der Waals surface area contributed by atoms with Crippen LogP contribution in [0.25, 0.3) is 0 Å². The van der Waals surface area contributed by atoms with Gasteiger partial charge in [0.25, 0.3) is 0 Å². The molecule has 2 saturated heterocycles. The fourth-order valence-corrected chi connectivity index (χ4v) is 3.39. The van der Waals surface area contributed by atoms with Crippen molar-refractivity contribution in [1.29, 1.82) is 0 Å². The maximum absolute atomic E-state index is 12.4. The molecule has 0 saturated carbocycles. The van der Waals surface area contributed by atoms with Gasteiger partial charge in [0.05, 0.1) is 17.1 Å². The van der Waals surface area contributed by atoms with Gasteiger partial charge < -0.3 is 24.1 Å². The molecule has 0 aromatic heterocycles. The minimum absolute atomic E-state index is 0.0811. The summed E-state index contributed by atoms with van der Waals surface area (Å²) in [4.78, 5) is 25.6. The third-order valence-corrected chi connectivity index (χ3v) is 5.77. The van der Waals surface area contributed by atoms with Crippen molar-refractivity contribution in [2.24, 2.45) is 5.92 Å². The first-order valence-electron chi connectivity index (χ1n) is 9.15. The maximum atomic E-state index is 12.4. The smallest absolute Gasteiger partial charge is 0.463 e. The fraction of sp³-hybridized carbons (Fsp3) is 0.579. The molecule has 27 heavy (non-hydrogen) atoms. The molecule has 1 aromatic carbocycles. The Bertz CT molecular complexity index is 691. The lowest BCUT2D eigenvalue weighted by Gasteiger charge is -2.32. The molecule has 2 aliphatic rings. The Hall–Kier alpha value is -2.06. The topological polar surface area (TPSA) is 85.3 Å². The number of benzene rings is 1. The average molecular weight is 375 g/mol. The molecule has 1 N–H and O–H groups in total. The number of ether oxygens (including phenoxy) is 1. The zero-order valence-corrected chi connectivity index (χ0v) is 16.2. The highest BCUT2D eigenvalue weighted by atomic mass is 16.7. The summed E-state index contributed by atoms with van der Waals surface area (Å²) in [5.74, 6) is -2.18. The lowest BCUT2D eigenvalue weighted by molar-refractivity contribution is -0.141. The zero-order valence-electron chi connectivity index (χ0n) is 16.2. The number of hydrogen-bond donors (Lipinski definition) is 1. The molecule has 1 amide bonds. The van der Waals surface area contributed by atoms with E-state index in [-0.39, 0.29) is 19.7 Å². The third kappa shape index (κ3) is 3.96. The van der Waals surface area contributed by atoms with Gasteiger partial charge in [0, 0.05) is 18.9 Å². The summed E-state index contributed by atoms with van der Waals surface area (Å²) in [6.07, 6.45) is -0.524. The average Bonchev–Trinajstić information content (AvgIpc) is 3.13. The van der Waals surface area contributed by atoms with Gasteiger partial charge in [-0.15, -0.1) is 0 Å². The lowest BCUT2D eigenvalue weighted by atomic mass is 9.66. The van der Waals surface area contributed by atoms with E-state index >= 15 is 0 Å². The molecule has 2 heterocycles. The van der Waals surface area contributed by atoms with Crippen LogP contribution in [0.4, 0.5) is 4.79 Å². The van der Waals surface area contributed by atoms with Crippen LogP contribution in [0, 0.1) is 5.92 Å². The first kappa shape index (κ1) is 19.7. The highest BCUT2D eigenvalue weighted by Crippen LogP contribution is 2.44. The Morgan fingerprint density at radius 1 is 1.15 bits per heavy atom. The van der Waals surface area contributed by atoms with E-state index in [2.05, 4.69) is 0 Å². The number of carbonyl (C=O) groups excluding carboxylic acids is 1. The molecule has 0 aliphatic carbocycles. The van der Waals surface area contributed by atoms with Gasteiger partial charge in [0.2, 0.25) is 0 Å². The van der Waals surface area contributed by atoms with E-state index in [9.17, 15) is 14.7 Å². The summed E-state index contributed by atoms with van der Waals surface area (Å²) in [7, 11) is -0.678. The van der Waals surface area contributed by atoms with Crippen molar-refractivity contribution >= 4 is 19.2 Å². The van der Waals surface area contributed by atoms with Crippen molar-refractivity contribution in [3.63, 3.8) is 0 Å². The van der Waals surface area contributed by atoms with Crippen LogP contribution in [-0.4, -0.2) is 53.5 Å². The highest BCUT2D eigenvalue weighted by molar-refractivity contribution is 6.48. The summed E-state index contributed by atoms with van der Waals surface area (Å²) < 4.78 is 17.4. The van der Waals surface area contributed by atoms with Crippen LogP contribution in [0.1, 0.15) is 33.3 Å². The van der Waals surface area contributed by atoms with E-state index in [1.165, 1.54) is 4.90 Å². The standard InChI is InChI=1S/C19H26BNO6/c1-18(2)19(3,4)27-20(26-18)15-11-21(10-14(15)16(22)23)17(24)25-12-13-8-6-5-7-9-13/h5-9,14-15H,10-12H2,1-4H3,(H,22,23)/t14-,15-/m1/s1. The van der Waals surface area contributed by atoms with Gasteiger partial charge in [-0.25, -0.2) is 4.79 Å². The molecule has 2 fully saturated rings. The minimum atomic E-state index is -0.965.